The molecule has 0 aromatic carbocycles. The minimum Gasteiger partial charge on any atom is -0.478 e. The lowest BCUT2D eigenvalue weighted by molar-refractivity contribution is -0.133. The van der Waals surface area contributed by atoms with Crippen molar-refractivity contribution in [2.24, 2.45) is 5.41 Å². The Labute approximate surface area is 92.8 Å². The third kappa shape index (κ3) is 6.15. The van der Waals surface area contributed by atoms with Crippen molar-refractivity contribution in [2.45, 2.75) is 41.0 Å². The van der Waals surface area contributed by atoms with E-state index >= 15 is 0 Å². The van der Waals surface area contributed by atoms with Gasteiger partial charge in [-0.15, -0.1) is 0 Å². The van der Waals surface area contributed by atoms with Crippen LogP contribution >= 0.6 is 0 Å². The van der Waals surface area contributed by atoms with Gasteiger partial charge in [-0.2, -0.15) is 0 Å². The molecular formula is C12H23NO2. The molecule has 0 saturated carbocycles. The van der Waals surface area contributed by atoms with Gasteiger partial charge in [-0.3, -0.25) is 0 Å². The summed E-state index contributed by atoms with van der Waals surface area (Å²) in [5, 5.41) is 9.08. The van der Waals surface area contributed by atoms with Crippen LogP contribution in [-0.2, 0) is 4.79 Å². The molecule has 0 unspecified atom stereocenters. The van der Waals surface area contributed by atoms with Crippen LogP contribution in [0.1, 0.15) is 41.0 Å². The molecule has 0 heterocycles. The Morgan fingerprint density at radius 2 is 1.73 bits per heavy atom. The van der Waals surface area contributed by atoms with E-state index in [9.17, 15) is 4.79 Å². The first kappa shape index (κ1) is 14.0. The van der Waals surface area contributed by atoms with Gasteiger partial charge in [-0.1, -0.05) is 20.8 Å². The number of rotatable bonds is 5. The van der Waals surface area contributed by atoms with E-state index in [4.69, 9.17) is 5.11 Å². The number of nitrogens with zero attached hydrogens (tertiary/aromatic N) is 1. The Balaban J connectivity index is 4.73. The van der Waals surface area contributed by atoms with E-state index in [1.165, 1.54) is 0 Å². The fraction of sp³-hybridized carbons (Fsp3) is 0.750. The van der Waals surface area contributed by atoms with Crippen molar-refractivity contribution in [1.29, 1.82) is 0 Å². The highest BCUT2D eigenvalue weighted by Gasteiger charge is 2.18. The summed E-state index contributed by atoms with van der Waals surface area (Å²) in [6.07, 6.45) is 2.37. The van der Waals surface area contributed by atoms with Crippen LogP contribution in [0.4, 0.5) is 0 Å². The SMILES string of the molecule is CCN(C=C(CC(C)(C)C)C(=O)O)CC. The molecule has 0 radical (unpaired) electrons. The molecule has 0 fully saturated rings. The molecule has 0 aromatic rings. The third-order valence-electron chi connectivity index (χ3n) is 2.15. The van der Waals surface area contributed by atoms with Gasteiger partial charge in [0.15, 0.2) is 0 Å². The molecule has 3 nitrogen and oxygen atoms in total. The number of hydrogen-bond acceptors (Lipinski definition) is 2. The van der Waals surface area contributed by atoms with Gasteiger partial charge in [-0.25, -0.2) is 4.79 Å². The minimum atomic E-state index is -0.808. The van der Waals surface area contributed by atoms with Crippen molar-refractivity contribution < 1.29 is 9.90 Å². The van der Waals surface area contributed by atoms with Crippen molar-refractivity contribution in [3.8, 4) is 0 Å². The molecule has 0 aliphatic carbocycles. The average molecular weight is 213 g/mol. The Morgan fingerprint density at radius 1 is 1.27 bits per heavy atom. The summed E-state index contributed by atoms with van der Waals surface area (Å²) in [7, 11) is 0. The van der Waals surface area contributed by atoms with Crippen molar-refractivity contribution in [3.05, 3.63) is 11.8 Å². The zero-order valence-electron chi connectivity index (χ0n) is 10.5. The fourth-order valence-corrected chi connectivity index (χ4v) is 1.37. The van der Waals surface area contributed by atoms with Gasteiger partial charge in [0.2, 0.25) is 0 Å². The largest absolute Gasteiger partial charge is 0.478 e. The van der Waals surface area contributed by atoms with Gasteiger partial charge >= 0.3 is 5.97 Å². The summed E-state index contributed by atoms with van der Waals surface area (Å²) < 4.78 is 0. The van der Waals surface area contributed by atoms with Crippen LogP contribution in [0.5, 0.6) is 0 Å². The predicted octanol–water partition coefficient (Wildman–Crippen LogP) is 2.73. The Bertz CT molecular complexity index is 234. The number of carboxylic acid groups (broad SMARTS) is 1. The minimum absolute atomic E-state index is 0.0113. The molecule has 0 rings (SSSR count). The van der Waals surface area contributed by atoms with E-state index in [0.29, 0.717) is 12.0 Å². The van der Waals surface area contributed by atoms with Crippen molar-refractivity contribution >= 4 is 5.97 Å². The number of carboxylic acids is 1. The topological polar surface area (TPSA) is 40.5 Å². The zero-order chi connectivity index (χ0) is 12.1. The first-order valence-electron chi connectivity index (χ1n) is 5.48. The first-order chi connectivity index (χ1) is 6.80. The average Bonchev–Trinajstić information content (AvgIpc) is 2.09. The van der Waals surface area contributed by atoms with Gasteiger partial charge in [0.05, 0.1) is 5.57 Å². The standard InChI is InChI=1S/C12H23NO2/c1-6-13(7-2)9-10(11(14)15)8-12(3,4)5/h9H,6-8H2,1-5H3,(H,14,15). The second kappa shape index (κ2) is 5.79. The maximum absolute atomic E-state index is 11.0. The lowest BCUT2D eigenvalue weighted by atomic mass is 9.88. The second-order valence-electron chi connectivity index (χ2n) is 4.92. The Kier molecular flexibility index (Phi) is 5.40. The van der Waals surface area contributed by atoms with Crippen molar-refractivity contribution in [3.63, 3.8) is 0 Å². The molecule has 0 aliphatic rings. The molecule has 0 saturated heterocycles. The van der Waals surface area contributed by atoms with Gasteiger partial charge in [0.25, 0.3) is 0 Å². The molecule has 1 N–H and O–H groups in total. The number of carbonyl (C=O) groups is 1. The number of aliphatic carboxylic acids is 1. The van der Waals surface area contributed by atoms with Gasteiger partial charge in [0.1, 0.15) is 0 Å². The van der Waals surface area contributed by atoms with Gasteiger partial charge in [-0.05, 0) is 25.7 Å². The van der Waals surface area contributed by atoms with Crippen molar-refractivity contribution in [2.75, 3.05) is 13.1 Å². The summed E-state index contributed by atoms with van der Waals surface area (Å²) in [6.45, 7) is 11.9. The fourth-order valence-electron chi connectivity index (χ4n) is 1.37. The maximum atomic E-state index is 11.0. The second-order valence-corrected chi connectivity index (χ2v) is 4.92. The zero-order valence-corrected chi connectivity index (χ0v) is 10.5. The molecule has 15 heavy (non-hydrogen) atoms. The lowest BCUT2D eigenvalue weighted by Gasteiger charge is -2.21. The van der Waals surface area contributed by atoms with Crippen LogP contribution < -0.4 is 0 Å². The monoisotopic (exact) mass is 213 g/mol. The highest BCUT2D eigenvalue weighted by molar-refractivity contribution is 5.86. The summed E-state index contributed by atoms with van der Waals surface area (Å²) >= 11 is 0. The van der Waals surface area contributed by atoms with Crippen LogP contribution in [0.3, 0.4) is 0 Å². The molecule has 0 atom stereocenters. The van der Waals surface area contributed by atoms with Crippen LogP contribution in [0.25, 0.3) is 0 Å². The van der Waals surface area contributed by atoms with Crippen molar-refractivity contribution in [1.82, 2.24) is 4.90 Å². The van der Waals surface area contributed by atoms with Crippen LogP contribution in [0, 0.1) is 5.41 Å². The maximum Gasteiger partial charge on any atom is 0.333 e. The summed E-state index contributed by atoms with van der Waals surface area (Å²) in [6, 6.07) is 0. The van der Waals surface area contributed by atoms with E-state index in [0.717, 1.165) is 13.1 Å². The molecule has 3 heteroatoms. The Hall–Kier alpha value is -0.990. The van der Waals surface area contributed by atoms with E-state index < -0.39 is 5.97 Å². The van der Waals surface area contributed by atoms with Gasteiger partial charge in [0, 0.05) is 19.3 Å². The van der Waals surface area contributed by atoms with E-state index in [-0.39, 0.29) is 5.41 Å². The molecule has 88 valence electrons. The van der Waals surface area contributed by atoms with E-state index in [1.807, 2.05) is 39.5 Å². The number of hydrogen-bond donors (Lipinski definition) is 1. The molecule has 0 amide bonds. The molecule has 0 aliphatic heterocycles. The highest BCUT2D eigenvalue weighted by Crippen LogP contribution is 2.24. The van der Waals surface area contributed by atoms with Gasteiger partial charge < -0.3 is 10.0 Å². The van der Waals surface area contributed by atoms with E-state index in [2.05, 4.69) is 0 Å². The molecule has 0 spiro atoms. The molecule has 0 bridgehead atoms. The summed E-state index contributed by atoms with van der Waals surface area (Å²) in [5.74, 6) is -0.808. The summed E-state index contributed by atoms with van der Waals surface area (Å²) in [4.78, 5) is 13.1. The van der Waals surface area contributed by atoms with Crippen LogP contribution in [0.15, 0.2) is 11.8 Å². The van der Waals surface area contributed by atoms with Crippen LogP contribution in [-0.4, -0.2) is 29.1 Å². The summed E-state index contributed by atoms with van der Waals surface area (Å²) in [5.41, 5.74) is 0.503. The van der Waals surface area contributed by atoms with E-state index in [1.54, 1.807) is 6.20 Å². The lowest BCUT2D eigenvalue weighted by Crippen LogP contribution is -2.20. The third-order valence-corrected chi connectivity index (χ3v) is 2.15. The van der Waals surface area contributed by atoms with Crippen LogP contribution in [0.2, 0.25) is 0 Å². The Morgan fingerprint density at radius 3 is 2.00 bits per heavy atom. The first-order valence-corrected chi connectivity index (χ1v) is 5.48. The predicted molar refractivity (Wildman–Crippen MR) is 62.7 cm³/mol. The molecular weight excluding hydrogens is 190 g/mol. The smallest absolute Gasteiger partial charge is 0.333 e. The quantitative estimate of drug-likeness (QED) is 0.714. The normalized spacial score (nSPS) is 12.7. The molecule has 0 aromatic heterocycles. The highest BCUT2D eigenvalue weighted by atomic mass is 16.4.